The lowest BCUT2D eigenvalue weighted by Gasteiger charge is -2.12. The highest BCUT2D eigenvalue weighted by Crippen LogP contribution is 2.28. The van der Waals surface area contributed by atoms with Gasteiger partial charge in [0.2, 0.25) is 10.0 Å². The van der Waals surface area contributed by atoms with Gasteiger partial charge in [-0.2, -0.15) is 5.10 Å². The van der Waals surface area contributed by atoms with Gasteiger partial charge in [-0.25, -0.2) is 13.1 Å². The Hall–Kier alpha value is -0.890. The number of halogens is 1. The highest BCUT2D eigenvalue weighted by atomic mass is 35.5. The van der Waals surface area contributed by atoms with E-state index in [4.69, 9.17) is 11.6 Å². The van der Waals surface area contributed by atoms with Crippen LogP contribution in [0.2, 0.25) is 4.34 Å². The maximum atomic E-state index is 12.3. The second-order valence-corrected chi connectivity index (χ2v) is 7.65. The molecular weight excluding hydrogens is 306 g/mol. The summed E-state index contributed by atoms with van der Waals surface area (Å²) in [6.45, 7) is 5.12. The van der Waals surface area contributed by atoms with E-state index in [9.17, 15) is 8.42 Å². The molecule has 104 valence electrons. The van der Waals surface area contributed by atoms with E-state index in [1.165, 1.54) is 11.3 Å². The molecule has 2 heterocycles. The molecule has 0 spiro atoms. The normalized spacial score (nSPS) is 13.7. The number of hydrogen-bond donors (Lipinski definition) is 2. The number of nitrogens with zero attached hydrogens (tertiary/aromatic N) is 1. The number of sulfonamides is 1. The molecule has 0 fully saturated rings. The van der Waals surface area contributed by atoms with Crippen molar-refractivity contribution in [3.05, 3.63) is 32.7 Å². The Morgan fingerprint density at radius 2 is 2.11 bits per heavy atom. The Bertz CT molecular complexity index is 671. The zero-order chi connectivity index (χ0) is 14.2. The van der Waals surface area contributed by atoms with E-state index in [-0.39, 0.29) is 10.9 Å². The van der Waals surface area contributed by atoms with Crippen molar-refractivity contribution in [1.29, 1.82) is 0 Å². The van der Waals surface area contributed by atoms with Gasteiger partial charge in [-0.15, -0.1) is 11.3 Å². The summed E-state index contributed by atoms with van der Waals surface area (Å²) in [5, 5.41) is 6.58. The second-order valence-electron chi connectivity index (χ2n) is 4.25. The Kier molecular flexibility index (Phi) is 4.00. The molecule has 1 unspecified atom stereocenters. The molecule has 8 heteroatoms. The molecule has 0 saturated heterocycles. The third-order valence-corrected chi connectivity index (χ3v) is 5.90. The summed E-state index contributed by atoms with van der Waals surface area (Å²) in [6.07, 6.45) is 0. The van der Waals surface area contributed by atoms with Crippen LogP contribution in [0, 0.1) is 13.8 Å². The van der Waals surface area contributed by atoms with Crippen LogP contribution in [0.4, 0.5) is 0 Å². The minimum Gasteiger partial charge on any atom is -0.281 e. The second kappa shape index (κ2) is 5.24. The molecule has 0 saturated carbocycles. The average molecular weight is 320 g/mol. The summed E-state index contributed by atoms with van der Waals surface area (Å²) < 4.78 is 27.9. The molecule has 1 atom stereocenters. The van der Waals surface area contributed by atoms with Crippen LogP contribution in [0.3, 0.4) is 0 Å². The monoisotopic (exact) mass is 319 g/mol. The van der Waals surface area contributed by atoms with Crippen molar-refractivity contribution in [3.63, 3.8) is 0 Å². The molecule has 0 radical (unpaired) electrons. The summed E-state index contributed by atoms with van der Waals surface area (Å²) in [4.78, 5) is 1.08. The average Bonchev–Trinajstić information content (AvgIpc) is 2.85. The first-order valence-corrected chi connectivity index (χ1v) is 8.28. The molecule has 2 aromatic heterocycles. The van der Waals surface area contributed by atoms with Gasteiger partial charge in [0.25, 0.3) is 0 Å². The maximum Gasteiger partial charge on any atom is 0.244 e. The van der Waals surface area contributed by atoms with E-state index in [0.29, 0.717) is 15.7 Å². The van der Waals surface area contributed by atoms with Gasteiger partial charge in [-0.05, 0) is 32.9 Å². The third-order valence-electron chi connectivity index (χ3n) is 2.68. The Morgan fingerprint density at radius 3 is 2.58 bits per heavy atom. The number of rotatable bonds is 4. The molecule has 0 bridgehead atoms. The fraction of sp³-hybridized carbons (Fsp3) is 0.364. The van der Waals surface area contributed by atoms with Gasteiger partial charge in [0, 0.05) is 4.88 Å². The van der Waals surface area contributed by atoms with Gasteiger partial charge in [-0.3, -0.25) is 5.10 Å². The fourth-order valence-corrected chi connectivity index (χ4v) is 4.58. The van der Waals surface area contributed by atoms with Crippen LogP contribution in [-0.2, 0) is 10.0 Å². The number of thiophene rings is 1. The largest absolute Gasteiger partial charge is 0.281 e. The number of nitrogens with one attached hydrogen (secondary N) is 2. The van der Waals surface area contributed by atoms with Crippen molar-refractivity contribution in [2.75, 3.05) is 0 Å². The molecule has 2 aromatic rings. The van der Waals surface area contributed by atoms with Crippen LogP contribution >= 0.6 is 22.9 Å². The zero-order valence-corrected chi connectivity index (χ0v) is 13.1. The molecular formula is C11H14ClN3O2S2. The van der Waals surface area contributed by atoms with Crippen LogP contribution < -0.4 is 4.72 Å². The molecule has 2 N–H and O–H groups in total. The van der Waals surface area contributed by atoms with E-state index in [0.717, 1.165) is 4.88 Å². The predicted octanol–water partition coefficient (Wildman–Crippen LogP) is 2.78. The highest BCUT2D eigenvalue weighted by Gasteiger charge is 2.25. The first-order chi connectivity index (χ1) is 8.81. The van der Waals surface area contributed by atoms with Crippen LogP contribution in [0.15, 0.2) is 17.0 Å². The molecule has 0 aliphatic carbocycles. The molecule has 19 heavy (non-hydrogen) atoms. The topological polar surface area (TPSA) is 74.8 Å². The molecule has 0 aliphatic heterocycles. The smallest absolute Gasteiger partial charge is 0.244 e. The minimum atomic E-state index is -3.60. The highest BCUT2D eigenvalue weighted by molar-refractivity contribution is 7.89. The summed E-state index contributed by atoms with van der Waals surface area (Å²) in [5.74, 6) is 0. The fourth-order valence-electron chi connectivity index (χ4n) is 1.85. The third kappa shape index (κ3) is 3.00. The SMILES string of the molecule is Cc1n[nH]c(C)c1S(=O)(=O)NC(C)c1ccc(Cl)s1. The lowest BCUT2D eigenvalue weighted by atomic mass is 10.3. The molecule has 0 aliphatic rings. The van der Waals surface area contributed by atoms with E-state index in [1.807, 2.05) is 6.07 Å². The lowest BCUT2D eigenvalue weighted by Crippen LogP contribution is -2.27. The zero-order valence-electron chi connectivity index (χ0n) is 10.7. The van der Waals surface area contributed by atoms with Gasteiger partial charge in [0.1, 0.15) is 4.90 Å². The summed E-state index contributed by atoms with van der Waals surface area (Å²) in [5.41, 5.74) is 0.989. The molecule has 0 amide bonds. The summed E-state index contributed by atoms with van der Waals surface area (Å²) in [7, 11) is -3.60. The summed E-state index contributed by atoms with van der Waals surface area (Å²) >= 11 is 7.21. The van der Waals surface area contributed by atoms with E-state index < -0.39 is 10.0 Å². The van der Waals surface area contributed by atoms with Crippen molar-refractivity contribution in [2.45, 2.75) is 31.7 Å². The summed E-state index contributed by atoms with van der Waals surface area (Å²) in [6, 6.07) is 3.23. The van der Waals surface area contributed by atoms with Crippen LogP contribution in [0.25, 0.3) is 0 Å². The number of aromatic amines is 1. The number of hydrogen-bond acceptors (Lipinski definition) is 4. The van der Waals surface area contributed by atoms with Crippen LogP contribution in [0.5, 0.6) is 0 Å². The van der Waals surface area contributed by atoms with E-state index >= 15 is 0 Å². The van der Waals surface area contributed by atoms with E-state index in [1.54, 1.807) is 26.8 Å². The molecule has 0 aromatic carbocycles. The van der Waals surface area contributed by atoms with Crippen molar-refractivity contribution in [2.24, 2.45) is 0 Å². The van der Waals surface area contributed by atoms with Gasteiger partial charge < -0.3 is 0 Å². The maximum absolute atomic E-state index is 12.3. The number of aryl methyl sites for hydroxylation is 2. The van der Waals surface area contributed by atoms with Crippen LogP contribution in [-0.4, -0.2) is 18.6 Å². The Balaban J connectivity index is 2.27. The Labute approximate surface area is 121 Å². The van der Waals surface area contributed by atoms with Crippen LogP contribution in [0.1, 0.15) is 29.2 Å². The van der Waals surface area contributed by atoms with Crippen molar-refractivity contribution < 1.29 is 8.42 Å². The van der Waals surface area contributed by atoms with Crippen molar-refractivity contribution in [1.82, 2.24) is 14.9 Å². The lowest BCUT2D eigenvalue weighted by molar-refractivity contribution is 0.567. The molecule has 2 rings (SSSR count). The predicted molar refractivity (Wildman–Crippen MR) is 76.1 cm³/mol. The van der Waals surface area contributed by atoms with Gasteiger partial charge in [0.15, 0.2) is 0 Å². The van der Waals surface area contributed by atoms with Gasteiger partial charge >= 0.3 is 0 Å². The standard InChI is InChI=1S/C11H14ClN3O2S2/c1-6(9-4-5-10(12)18-9)15-19(16,17)11-7(2)13-14-8(11)3/h4-6,15H,1-3H3,(H,13,14). The van der Waals surface area contributed by atoms with Crippen molar-refractivity contribution in [3.8, 4) is 0 Å². The molecule has 5 nitrogen and oxygen atoms in total. The Morgan fingerprint density at radius 1 is 1.42 bits per heavy atom. The van der Waals surface area contributed by atoms with Gasteiger partial charge in [-0.1, -0.05) is 11.6 Å². The van der Waals surface area contributed by atoms with Crippen molar-refractivity contribution >= 4 is 33.0 Å². The minimum absolute atomic E-state index is 0.210. The first-order valence-electron chi connectivity index (χ1n) is 5.60. The number of H-pyrrole nitrogens is 1. The quantitative estimate of drug-likeness (QED) is 0.910. The number of aromatic nitrogens is 2. The first kappa shape index (κ1) is 14.5. The van der Waals surface area contributed by atoms with E-state index in [2.05, 4.69) is 14.9 Å². The van der Waals surface area contributed by atoms with Gasteiger partial charge in [0.05, 0.1) is 21.8 Å².